The predicted octanol–water partition coefficient (Wildman–Crippen LogP) is 17.9. The Kier molecular flexibility index (Phi) is 10.7. The van der Waals surface area contributed by atoms with Gasteiger partial charge in [-0.25, -0.2) is 0 Å². The number of nitriles is 1. The summed E-state index contributed by atoms with van der Waals surface area (Å²) in [5, 5.41) is 15.6. The Balaban J connectivity index is 1.08. The largest absolute Gasteiger partial charge is 0.309 e. The van der Waals surface area contributed by atoms with E-state index >= 15 is 0 Å². The SMILES string of the molecule is Cc1cc(C)cc(-c2ccc3c(c2)c2cc(-c4cc(C)cc(C)c4)ccc2n3-c2ccc(C#N)c(-c3cnccc3-n3c4ccc(-c5cc(C)cc(C)c5)cc4c4cc(-c5cc(C)cc(C)c5)ccc43)c2)c1. The topological polar surface area (TPSA) is 46.5 Å². The van der Waals surface area contributed by atoms with Crippen molar-refractivity contribution < 1.29 is 0 Å². The standard InChI is InChI=1S/C68H54N4/c1-40-21-41(2)26-53(25-40)48-10-15-64-59(33-48)60-34-49(54-27-42(3)22-43(4)28-54)11-16-65(60)71(64)57-14-9-52(38-69)58(37-57)63-39-70-20-19-68(63)72-66-17-12-50(55-29-44(5)23-45(6)30-55)35-61(66)62-36-51(13-18-67(62)72)56-31-46(7)24-47(8)32-56/h9-37,39H,1-8H3. The fourth-order valence-electron chi connectivity index (χ4n) is 11.6. The number of aryl methyl sites for hydroxylation is 8. The molecule has 0 fully saturated rings. The van der Waals surface area contributed by atoms with Gasteiger partial charge in [0.1, 0.15) is 0 Å². The Morgan fingerprint density at radius 1 is 0.333 bits per heavy atom. The summed E-state index contributed by atoms with van der Waals surface area (Å²) < 4.78 is 4.74. The highest BCUT2D eigenvalue weighted by atomic mass is 15.0. The second kappa shape index (κ2) is 17.3. The quantitative estimate of drug-likeness (QED) is 0.160. The van der Waals surface area contributed by atoms with Crippen LogP contribution in [0.4, 0.5) is 0 Å². The zero-order chi connectivity index (χ0) is 49.5. The van der Waals surface area contributed by atoms with Crippen molar-refractivity contribution in [1.82, 2.24) is 14.1 Å². The molecule has 0 radical (unpaired) electrons. The minimum atomic E-state index is 0.581. The third-order valence-electron chi connectivity index (χ3n) is 14.5. The van der Waals surface area contributed by atoms with Gasteiger partial charge in [-0.15, -0.1) is 0 Å². The smallest absolute Gasteiger partial charge is 0.0998 e. The van der Waals surface area contributed by atoms with Crippen molar-refractivity contribution >= 4 is 43.6 Å². The lowest BCUT2D eigenvalue weighted by atomic mass is 9.97. The van der Waals surface area contributed by atoms with E-state index in [2.05, 4.69) is 234 Å². The molecule has 0 saturated carbocycles. The maximum Gasteiger partial charge on any atom is 0.0998 e. The fourth-order valence-corrected chi connectivity index (χ4v) is 11.6. The van der Waals surface area contributed by atoms with E-state index in [1.807, 2.05) is 18.5 Å². The Bertz CT molecular complexity index is 3970. The number of nitrogens with zero attached hydrogens (tertiary/aromatic N) is 4. The van der Waals surface area contributed by atoms with Crippen LogP contribution in [0.2, 0.25) is 0 Å². The first-order chi connectivity index (χ1) is 34.8. The van der Waals surface area contributed by atoms with Crippen LogP contribution in [0.5, 0.6) is 0 Å². The van der Waals surface area contributed by atoms with Crippen molar-refractivity contribution in [3.63, 3.8) is 0 Å². The van der Waals surface area contributed by atoms with Gasteiger partial charge in [0.05, 0.1) is 39.4 Å². The molecule has 0 bridgehead atoms. The van der Waals surface area contributed by atoms with E-state index < -0.39 is 0 Å². The molecule has 0 N–H and O–H groups in total. The van der Waals surface area contributed by atoms with E-state index in [0.29, 0.717) is 5.56 Å². The first-order valence-electron chi connectivity index (χ1n) is 24.9. The third-order valence-corrected chi connectivity index (χ3v) is 14.5. The molecular weight excluding hydrogens is 873 g/mol. The summed E-state index contributed by atoms with van der Waals surface area (Å²) in [5.74, 6) is 0. The Labute approximate surface area is 421 Å². The fraction of sp³-hybridized carbons (Fsp3) is 0.118. The number of fused-ring (bicyclic) bond motifs is 6. The highest BCUT2D eigenvalue weighted by Gasteiger charge is 2.22. The number of hydrogen-bond acceptors (Lipinski definition) is 2. The van der Waals surface area contributed by atoms with Gasteiger partial charge in [-0.05, 0) is 173 Å². The summed E-state index contributed by atoms with van der Waals surface area (Å²) in [6, 6.07) is 65.5. The van der Waals surface area contributed by atoms with Gasteiger partial charge in [-0.1, -0.05) is 142 Å². The van der Waals surface area contributed by atoms with Gasteiger partial charge in [-0.2, -0.15) is 5.26 Å². The van der Waals surface area contributed by atoms with E-state index in [4.69, 9.17) is 4.98 Å². The van der Waals surface area contributed by atoms with Crippen LogP contribution >= 0.6 is 0 Å². The molecule has 12 aromatic rings. The lowest BCUT2D eigenvalue weighted by molar-refractivity contribution is 1.15. The molecule has 0 unspecified atom stereocenters. The molecule has 0 spiro atoms. The molecular formula is C68H54N4. The number of pyridine rings is 1. The molecule has 346 valence electrons. The highest BCUT2D eigenvalue weighted by Crippen LogP contribution is 2.43. The zero-order valence-corrected chi connectivity index (χ0v) is 42.1. The summed E-state index contributed by atoms with van der Waals surface area (Å²) in [6.45, 7) is 17.3. The summed E-state index contributed by atoms with van der Waals surface area (Å²) in [4.78, 5) is 4.77. The molecule has 4 heteroatoms. The molecule has 3 heterocycles. The van der Waals surface area contributed by atoms with Gasteiger partial charge in [0.2, 0.25) is 0 Å². The van der Waals surface area contributed by atoms with Gasteiger partial charge < -0.3 is 9.13 Å². The van der Waals surface area contributed by atoms with E-state index in [1.165, 1.54) is 99.8 Å². The molecule has 3 aromatic heterocycles. The normalized spacial score (nSPS) is 11.6. The second-order valence-corrected chi connectivity index (χ2v) is 20.3. The van der Waals surface area contributed by atoms with Crippen molar-refractivity contribution in [3.05, 3.63) is 232 Å². The minimum Gasteiger partial charge on any atom is -0.309 e. The summed E-state index contributed by atoms with van der Waals surface area (Å²) in [6.07, 6.45) is 3.80. The molecule has 0 amide bonds. The minimum absolute atomic E-state index is 0.581. The van der Waals surface area contributed by atoms with Crippen LogP contribution in [0.1, 0.15) is 50.1 Å². The van der Waals surface area contributed by atoms with Crippen LogP contribution < -0.4 is 0 Å². The molecule has 72 heavy (non-hydrogen) atoms. The van der Waals surface area contributed by atoms with Crippen molar-refractivity contribution in [2.45, 2.75) is 55.4 Å². The van der Waals surface area contributed by atoms with Crippen molar-refractivity contribution in [2.24, 2.45) is 0 Å². The molecule has 0 aliphatic rings. The maximum absolute atomic E-state index is 10.9. The van der Waals surface area contributed by atoms with Crippen molar-refractivity contribution in [2.75, 3.05) is 0 Å². The van der Waals surface area contributed by atoms with Crippen LogP contribution in [-0.2, 0) is 0 Å². The van der Waals surface area contributed by atoms with Crippen LogP contribution in [0.25, 0.3) is 111 Å². The molecule has 0 saturated heterocycles. The molecule has 0 aliphatic heterocycles. The third kappa shape index (κ3) is 7.75. The monoisotopic (exact) mass is 926 g/mol. The van der Waals surface area contributed by atoms with Crippen LogP contribution in [0, 0.1) is 66.7 Å². The molecule has 0 atom stereocenters. The van der Waals surface area contributed by atoms with Gasteiger partial charge in [0.15, 0.2) is 0 Å². The molecule has 9 aromatic carbocycles. The average molecular weight is 927 g/mol. The van der Waals surface area contributed by atoms with E-state index in [-0.39, 0.29) is 0 Å². The zero-order valence-electron chi connectivity index (χ0n) is 42.1. The van der Waals surface area contributed by atoms with Crippen LogP contribution in [0.3, 0.4) is 0 Å². The maximum atomic E-state index is 10.9. The lowest BCUT2D eigenvalue weighted by Gasteiger charge is -2.17. The molecule has 12 rings (SSSR count). The molecule has 0 aliphatic carbocycles. The highest BCUT2D eigenvalue weighted by molar-refractivity contribution is 6.13. The van der Waals surface area contributed by atoms with E-state index in [1.54, 1.807) is 0 Å². The van der Waals surface area contributed by atoms with E-state index in [9.17, 15) is 5.26 Å². The number of rotatable bonds is 7. The van der Waals surface area contributed by atoms with Gasteiger partial charge in [0, 0.05) is 50.8 Å². The van der Waals surface area contributed by atoms with Gasteiger partial charge in [-0.3, -0.25) is 4.98 Å². The average Bonchev–Trinajstić information content (AvgIpc) is 3.86. The van der Waals surface area contributed by atoms with E-state index in [0.717, 1.165) is 55.3 Å². The first kappa shape index (κ1) is 44.4. The second-order valence-electron chi connectivity index (χ2n) is 20.3. The predicted molar refractivity (Wildman–Crippen MR) is 303 cm³/mol. The Hall–Kier alpha value is -8.78. The summed E-state index contributed by atoms with van der Waals surface area (Å²) in [7, 11) is 0. The lowest BCUT2D eigenvalue weighted by Crippen LogP contribution is -2.01. The number of benzene rings is 9. The Morgan fingerprint density at radius 2 is 0.681 bits per heavy atom. The van der Waals surface area contributed by atoms with Gasteiger partial charge >= 0.3 is 0 Å². The van der Waals surface area contributed by atoms with Crippen molar-refractivity contribution in [1.29, 1.82) is 5.26 Å². The first-order valence-corrected chi connectivity index (χ1v) is 24.9. The van der Waals surface area contributed by atoms with Gasteiger partial charge in [0.25, 0.3) is 0 Å². The van der Waals surface area contributed by atoms with Crippen molar-refractivity contribution in [3.8, 4) is 73.1 Å². The van der Waals surface area contributed by atoms with Crippen LogP contribution in [-0.4, -0.2) is 14.1 Å². The molecule has 4 nitrogen and oxygen atoms in total. The Morgan fingerprint density at radius 3 is 1.03 bits per heavy atom. The number of hydrogen-bond donors (Lipinski definition) is 0. The summed E-state index contributed by atoms with van der Waals surface area (Å²) in [5.41, 5.74) is 28.0. The number of aromatic nitrogens is 3. The van der Waals surface area contributed by atoms with Crippen LogP contribution in [0.15, 0.2) is 182 Å². The summed E-state index contributed by atoms with van der Waals surface area (Å²) >= 11 is 0.